The Hall–Kier alpha value is -4.01. The van der Waals surface area contributed by atoms with Gasteiger partial charge in [-0.1, -0.05) is 6.07 Å². The molecular formula is C23H20FNO7. The van der Waals surface area contributed by atoms with Crippen molar-refractivity contribution in [2.75, 3.05) is 19.2 Å². The molecule has 2 aromatic carbocycles. The predicted octanol–water partition coefficient (Wildman–Crippen LogP) is 3.69. The van der Waals surface area contributed by atoms with Crippen LogP contribution >= 0.6 is 0 Å². The van der Waals surface area contributed by atoms with Crippen LogP contribution in [0.25, 0.3) is 0 Å². The number of ether oxygens (including phenoxy) is 3. The Bertz CT molecular complexity index is 1240. The van der Waals surface area contributed by atoms with Crippen LogP contribution < -0.4 is 25.2 Å². The van der Waals surface area contributed by atoms with Gasteiger partial charge in [0.1, 0.15) is 17.3 Å². The van der Waals surface area contributed by atoms with Crippen LogP contribution in [0.5, 0.6) is 23.0 Å². The molecule has 9 heteroatoms. The van der Waals surface area contributed by atoms with Crippen molar-refractivity contribution in [3.63, 3.8) is 0 Å². The SMILES string of the molecule is COc1cc(C(CC(=O)Nc2cccc(F)c2)c2c(O)cc(C)oc2=O)cc2c1OCO2. The molecule has 1 aliphatic heterocycles. The molecule has 1 amide bonds. The molecule has 0 saturated heterocycles. The molecule has 0 bridgehead atoms. The van der Waals surface area contributed by atoms with Gasteiger partial charge in [-0.3, -0.25) is 4.79 Å². The molecule has 8 nitrogen and oxygen atoms in total. The van der Waals surface area contributed by atoms with Gasteiger partial charge in [0.2, 0.25) is 18.4 Å². The van der Waals surface area contributed by atoms with Gasteiger partial charge in [-0.2, -0.15) is 0 Å². The largest absolute Gasteiger partial charge is 0.507 e. The molecule has 0 saturated carbocycles. The first-order chi connectivity index (χ1) is 15.4. The molecule has 1 aliphatic rings. The third kappa shape index (κ3) is 4.22. The zero-order chi connectivity index (χ0) is 22.8. The molecule has 3 aromatic rings. The van der Waals surface area contributed by atoms with E-state index in [1.54, 1.807) is 12.1 Å². The Kier molecular flexibility index (Phi) is 5.72. The standard InChI is InChI=1S/C23H20FNO7/c1-12-6-17(26)21(23(28)32-12)16(10-20(27)25-15-5-3-4-14(24)9-15)13-7-18(29-2)22-19(8-13)30-11-31-22/h3-9,16,26H,10-11H2,1-2H3,(H,25,27). The molecule has 2 heterocycles. The number of hydrogen-bond acceptors (Lipinski definition) is 7. The lowest BCUT2D eigenvalue weighted by molar-refractivity contribution is -0.116. The number of aryl methyl sites for hydroxylation is 1. The second kappa shape index (κ2) is 8.62. The topological polar surface area (TPSA) is 107 Å². The predicted molar refractivity (Wildman–Crippen MR) is 112 cm³/mol. The summed E-state index contributed by atoms with van der Waals surface area (Å²) in [5, 5.41) is 13.1. The van der Waals surface area contributed by atoms with Crippen LogP contribution in [0.15, 0.2) is 51.7 Å². The third-order valence-electron chi connectivity index (χ3n) is 5.02. The summed E-state index contributed by atoms with van der Waals surface area (Å²) in [4.78, 5) is 25.5. The van der Waals surface area contributed by atoms with Gasteiger partial charge >= 0.3 is 5.63 Å². The van der Waals surface area contributed by atoms with Crippen molar-refractivity contribution in [1.82, 2.24) is 0 Å². The van der Waals surface area contributed by atoms with Crippen molar-refractivity contribution < 1.29 is 32.9 Å². The molecule has 32 heavy (non-hydrogen) atoms. The van der Waals surface area contributed by atoms with E-state index >= 15 is 0 Å². The number of halogens is 1. The lowest BCUT2D eigenvalue weighted by Gasteiger charge is -2.19. The molecule has 0 radical (unpaired) electrons. The summed E-state index contributed by atoms with van der Waals surface area (Å²) in [5.74, 6) is -0.870. The van der Waals surface area contributed by atoms with E-state index in [4.69, 9.17) is 18.6 Å². The third-order valence-corrected chi connectivity index (χ3v) is 5.02. The number of rotatable bonds is 6. The summed E-state index contributed by atoms with van der Waals surface area (Å²) >= 11 is 0. The molecule has 2 N–H and O–H groups in total. The van der Waals surface area contributed by atoms with Crippen molar-refractivity contribution in [3.8, 4) is 23.0 Å². The van der Waals surface area contributed by atoms with E-state index in [0.29, 0.717) is 22.8 Å². The van der Waals surface area contributed by atoms with E-state index in [-0.39, 0.29) is 36.0 Å². The van der Waals surface area contributed by atoms with Crippen molar-refractivity contribution in [1.29, 1.82) is 0 Å². The van der Waals surface area contributed by atoms with E-state index in [1.165, 1.54) is 44.4 Å². The van der Waals surface area contributed by atoms with Crippen molar-refractivity contribution >= 4 is 11.6 Å². The number of methoxy groups -OCH3 is 1. The second-order valence-electron chi connectivity index (χ2n) is 7.22. The highest BCUT2D eigenvalue weighted by molar-refractivity contribution is 5.91. The average molecular weight is 441 g/mol. The van der Waals surface area contributed by atoms with Crippen molar-refractivity contribution in [2.45, 2.75) is 19.3 Å². The summed E-state index contributed by atoms with van der Waals surface area (Å²) < 4.78 is 34.9. The fourth-order valence-corrected chi connectivity index (χ4v) is 3.63. The maximum absolute atomic E-state index is 13.5. The van der Waals surface area contributed by atoms with Gasteiger partial charge in [0.15, 0.2) is 11.5 Å². The molecule has 0 spiro atoms. The summed E-state index contributed by atoms with van der Waals surface area (Å²) in [6.45, 7) is 1.53. The van der Waals surface area contributed by atoms with Crippen LogP contribution in [0.3, 0.4) is 0 Å². The Morgan fingerprint density at radius 2 is 2.06 bits per heavy atom. The van der Waals surface area contributed by atoms with Gasteiger partial charge in [0, 0.05) is 24.1 Å². The molecule has 0 fully saturated rings. The molecule has 0 aliphatic carbocycles. The average Bonchev–Trinajstić information content (AvgIpc) is 3.20. The summed E-state index contributed by atoms with van der Waals surface area (Å²) in [6.07, 6.45) is -0.249. The number of amides is 1. The van der Waals surface area contributed by atoms with Gasteiger partial charge in [-0.25, -0.2) is 9.18 Å². The van der Waals surface area contributed by atoms with Gasteiger partial charge in [-0.05, 0) is 42.8 Å². The van der Waals surface area contributed by atoms with E-state index in [0.717, 1.165) is 0 Å². The lowest BCUT2D eigenvalue weighted by atomic mass is 9.88. The first-order valence-corrected chi connectivity index (χ1v) is 9.72. The first kappa shape index (κ1) is 21.2. The number of carbonyl (C=O) groups excluding carboxylic acids is 1. The van der Waals surface area contributed by atoms with Crippen LogP contribution in [0.4, 0.5) is 10.1 Å². The molecule has 1 atom stereocenters. The fraction of sp³-hybridized carbons (Fsp3) is 0.217. The van der Waals surface area contributed by atoms with Crippen LogP contribution in [-0.2, 0) is 4.79 Å². The van der Waals surface area contributed by atoms with Crippen LogP contribution in [0.1, 0.15) is 29.2 Å². The molecule has 1 aromatic heterocycles. The van der Waals surface area contributed by atoms with Crippen molar-refractivity contribution in [3.05, 3.63) is 75.6 Å². The Morgan fingerprint density at radius 3 is 2.78 bits per heavy atom. The molecule has 1 unspecified atom stereocenters. The summed E-state index contributed by atoms with van der Waals surface area (Å²) in [7, 11) is 1.45. The monoisotopic (exact) mass is 441 g/mol. The Morgan fingerprint density at radius 1 is 1.25 bits per heavy atom. The number of carbonyl (C=O) groups is 1. The number of hydrogen-bond donors (Lipinski definition) is 2. The summed E-state index contributed by atoms with van der Waals surface area (Å²) in [5.41, 5.74) is -0.141. The van der Waals surface area contributed by atoms with Gasteiger partial charge in [0.25, 0.3) is 0 Å². The van der Waals surface area contributed by atoms with Gasteiger partial charge in [0.05, 0.1) is 12.7 Å². The highest BCUT2D eigenvalue weighted by Gasteiger charge is 2.29. The van der Waals surface area contributed by atoms with Gasteiger partial charge in [-0.15, -0.1) is 0 Å². The maximum Gasteiger partial charge on any atom is 0.343 e. The molecular weight excluding hydrogens is 421 g/mol. The van der Waals surface area contributed by atoms with E-state index in [9.17, 15) is 19.1 Å². The van der Waals surface area contributed by atoms with E-state index in [1.807, 2.05) is 0 Å². The smallest absolute Gasteiger partial charge is 0.343 e. The summed E-state index contributed by atoms with van der Waals surface area (Å²) in [6, 6.07) is 9.96. The number of benzene rings is 2. The number of nitrogens with one attached hydrogen (secondary N) is 1. The number of anilines is 1. The van der Waals surface area contributed by atoms with Crippen LogP contribution in [-0.4, -0.2) is 24.9 Å². The Balaban J connectivity index is 1.76. The van der Waals surface area contributed by atoms with E-state index in [2.05, 4.69) is 5.32 Å². The minimum absolute atomic E-state index is 0.00219. The normalized spacial score (nSPS) is 13.0. The molecule has 4 rings (SSSR count). The first-order valence-electron chi connectivity index (χ1n) is 9.72. The quantitative estimate of drug-likeness (QED) is 0.601. The Labute approximate surface area is 182 Å². The fourth-order valence-electron chi connectivity index (χ4n) is 3.63. The lowest BCUT2D eigenvalue weighted by Crippen LogP contribution is -2.21. The maximum atomic E-state index is 13.5. The number of aromatic hydroxyl groups is 1. The highest BCUT2D eigenvalue weighted by atomic mass is 19.1. The van der Waals surface area contributed by atoms with E-state index < -0.39 is 23.3 Å². The van der Waals surface area contributed by atoms with Crippen LogP contribution in [0, 0.1) is 12.7 Å². The zero-order valence-electron chi connectivity index (χ0n) is 17.3. The van der Waals surface area contributed by atoms with Gasteiger partial charge < -0.3 is 29.1 Å². The minimum Gasteiger partial charge on any atom is -0.507 e. The second-order valence-corrected chi connectivity index (χ2v) is 7.22. The zero-order valence-corrected chi connectivity index (χ0v) is 17.3. The van der Waals surface area contributed by atoms with Crippen LogP contribution in [0.2, 0.25) is 0 Å². The highest BCUT2D eigenvalue weighted by Crippen LogP contribution is 2.45. The molecule has 166 valence electrons. The minimum atomic E-state index is -0.913. The van der Waals surface area contributed by atoms with Crippen molar-refractivity contribution in [2.24, 2.45) is 0 Å². The number of fused-ring (bicyclic) bond motifs is 1.